The highest BCUT2D eigenvalue weighted by molar-refractivity contribution is 7.09. The minimum absolute atomic E-state index is 0.159. The van der Waals surface area contributed by atoms with E-state index in [1.807, 2.05) is 0 Å². The topological polar surface area (TPSA) is 73.6 Å². The molecular formula is C33H47NO3S. The van der Waals surface area contributed by atoms with Gasteiger partial charge in [-0.1, -0.05) is 63.6 Å². The van der Waals surface area contributed by atoms with E-state index in [0.717, 1.165) is 48.3 Å². The fourth-order valence-electron chi connectivity index (χ4n) is 7.88. The van der Waals surface area contributed by atoms with Crippen LogP contribution in [0.3, 0.4) is 0 Å². The number of nitrogens with zero attached hydrogens (tertiary/aromatic N) is 1. The van der Waals surface area contributed by atoms with E-state index in [2.05, 4.69) is 57.0 Å². The van der Waals surface area contributed by atoms with Crippen molar-refractivity contribution in [2.45, 2.75) is 115 Å². The second-order valence-electron chi connectivity index (χ2n) is 12.9. The largest absolute Gasteiger partial charge is 0.393 e. The van der Waals surface area contributed by atoms with Crippen LogP contribution in [0.2, 0.25) is 0 Å². The van der Waals surface area contributed by atoms with Crippen molar-refractivity contribution in [1.29, 1.82) is 0 Å². The molecule has 0 unspecified atom stereocenters. The lowest BCUT2D eigenvalue weighted by atomic mass is 9.61. The Bertz CT molecular complexity index is 1110. The number of hydrogen-bond acceptors (Lipinski definition) is 5. The molecule has 4 saturated carbocycles. The lowest BCUT2D eigenvalue weighted by Crippen LogP contribution is -2.35. The summed E-state index contributed by atoms with van der Waals surface area (Å²) in [5, 5.41) is 34.9. The molecule has 0 amide bonds. The third-order valence-corrected chi connectivity index (χ3v) is 11.5. The molecule has 1 aromatic heterocycles. The Balaban J connectivity index is 1.27. The molecule has 38 heavy (non-hydrogen) atoms. The molecular weight excluding hydrogens is 490 g/mol. The van der Waals surface area contributed by atoms with Crippen LogP contribution in [-0.4, -0.2) is 38.6 Å². The third-order valence-electron chi connectivity index (χ3n) is 10.4. The van der Waals surface area contributed by atoms with E-state index in [-0.39, 0.29) is 10.8 Å². The number of rotatable bonds is 8. The maximum absolute atomic E-state index is 11.2. The van der Waals surface area contributed by atoms with Crippen LogP contribution in [0.4, 0.5) is 0 Å². The first-order chi connectivity index (χ1) is 18.2. The smallest absolute Gasteiger partial charge is 0.102 e. The van der Waals surface area contributed by atoms with Crippen molar-refractivity contribution in [3.63, 3.8) is 0 Å². The zero-order valence-electron chi connectivity index (χ0n) is 23.5. The first kappa shape index (κ1) is 28.0. The molecule has 0 aliphatic heterocycles. The predicted molar refractivity (Wildman–Crippen MR) is 156 cm³/mol. The van der Waals surface area contributed by atoms with Crippen LogP contribution in [0.15, 0.2) is 53.0 Å². The van der Waals surface area contributed by atoms with Crippen LogP contribution in [-0.2, 0) is 11.8 Å². The number of aliphatic hydroxyl groups excluding tert-OH is 3. The molecule has 7 atom stereocenters. The number of hydrogen-bond donors (Lipinski definition) is 3. The third kappa shape index (κ3) is 5.29. The van der Waals surface area contributed by atoms with E-state index < -0.39 is 18.3 Å². The summed E-state index contributed by atoms with van der Waals surface area (Å²) in [6, 6.07) is 0. The van der Waals surface area contributed by atoms with Crippen molar-refractivity contribution in [2.24, 2.45) is 23.2 Å². The van der Waals surface area contributed by atoms with Gasteiger partial charge >= 0.3 is 0 Å². The Kier molecular flexibility index (Phi) is 8.22. The lowest BCUT2D eigenvalue weighted by molar-refractivity contribution is 0.0862. The highest BCUT2D eigenvalue weighted by atomic mass is 32.1. The molecule has 0 spiro atoms. The summed E-state index contributed by atoms with van der Waals surface area (Å²) in [6.45, 7) is 11.1. The number of fused-ring (bicyclic) bond motifs is 1. The average molecular weight is 538 g/mol. The van der Waals surface area contributed by atoms with Crippen molar-refractivity contribution < 1.29 is 15.3 Å². The standard InChI is InChI=1S/C33H47NO3S/c1-5-7-25-20-38-31(34-25)33(16-17-33)30(37)14-9-21(2)27-12-13-28-23(8-6-15-32(27,28)4)10-11-24-18-26(35)19-29(36)22(24)3/h9-11,14,20-21,26-30,35-37H,3,5-8,12-13,15-19H2,1-2,4H3/t21-,26+,27+,28-,29-,30-,32+/m0/s1. The summed E-state index contributed by atoms with van der Waals surface area (Å²) in [6.07, 6.45) is 18.4. The van der Waals surface area contributed by atoms with Gasteiger partial charge in [0.05, 0.1) is 29.4 Å². The fourth-order valence-corrected chi connectivity index (χ4v) is 9.03. The Morgan fingerprint density at radius 2 is 1.97 bits per heavy atom. The molecule has 1 heterocycles. The maximum atomic E-state index is 11.2. The van der Waals surface area contributed by atoms with Gasteiger partial charge in [-0.2, -0.15) is 0 Å². The molecule has 5 heteroatoms. The quantitative estimate of drug-likeness (QED) is 0.318. The number of allylic oxidation sites excluding steroid dienone is 4. The summed E-state index contributed by atoms with van der Waals surface area (Å²) >= 11 is 1.73. The number of aryl methyl sites for hydroxylation is 1. The van der Waals surface area contributed by atoms with Crippen molar-refractivity contribution in [3.05, 3.63) is 63.7 Å². The van der Waals surface area contributed by atoms with E-state index >= 15 is 0 Å². The lowest BCUT2D eigenvalue weighted by Gasteiger charge is -2.44. The molecule has 5 rings (SSSR count). The van der Waals surface area contributed by atoms with Crippen molar-refractivity contribution in [2.75, 3.05) is 0 Å². The Morgan fingerprint density at radius 3 is 2.71 bits per heavy atom. The van der Waals surface area contributed by atoms with E-state index in [0.29, 0.717) is 30.6 Å². The average Bonchev–Trinajstić information content (AvgIpc) is 3.42. The molecule has 4 aliphatic rings. The second-order valence-corrected chi connectivity index (χ2v) is 13.8. The Labute approximate surface area is 233 Å². The highest BCUT2D eigenvalue weighted by Crippen LogP contribution is 2.60. The summed E-state index contributed by atoms with van der Waals surface area (Å²) in [5.41, 5.74) is 4.56. The molecule has 208 valence electrons. The number of aromatic nitrogens is 1. The van der Waals surface area contributed by atoms with Gasteiger partial charge in [-0.3, -0.25) is 0 Å². The summed E-state index contributed by atoms with van der Waals surface area (Å²) in [5.74, 6) is 1.60. The van der Waals surface area contributed by atoms with Crippen LogP contribution < -0.4 is 0 Å². The van der Waals surface area contributed by atoms with Crippen molar-refractivity contribution in [3.8, 4) is 0 Å². The van der Waals surface area contributed by atoms with E-state index in [4.69, 9.17) is 4.98 Å². The van der Waals surface area contributed by atoms with Gasteiger partial charge in [0.1, 0.15) is 5.01 Å². The molecule has 0 aromatic carbocycles. The van der Waals surface area contributed by atoms with Gasteiger partial charge in [-0.25, -0.2) is 4.98 Å². The zero-order valence-corrected chi connectivity index (χ0v) is 24.3. The van der Waals surface area contributed by atoms with Gasteiger partial charge in [0.25, 0.3) is 0 Å². The summed E-state index contributed by atoms with van der Waals surface area (Å²) in [4.78, 5) is 4.88. The van der Waals surface area contributed by atoms with Crippen LogP contribution >= 0.6 is 11.3 Å². The van der Waals surface area contributed by atoms with Gasteiger partial charge in [-0.15, -0.1) is 11.3 Å². The molecule has 0 radical (unpaired) electrons. The minimum Gasteiger partial charge on any atom is -0.393 e. The predicted octanol–water partition coefficient (Wildman–Crippen LogP) is 6.82. The summed E-state index contributed by atoms with van der Waals surface area (Å²) in [7, 11) is 0. The van der Waals surface area contributed by atoms with Crippen molar-refractivity contribution in [1.82, 2.24) is 4.98 Å². The molecule has 4 nitrogen and oxygen atoms in total. The van der Waals surface area contributed by atoms with Gasteiger partial charge in [0, 0.05) is 11.8 Å². The highest BCUT2D eigenvalue weighted by Gasteiger charge is 2.53. The molecule has 1 aromatic rings. The normalized spacial score (nSPS) is 36.6. The second kappa shape index (κ2) is 11.2. The summed E-state index contributed by atoms with van der Waals surface area (Å²) < 4.78 is 0. The van der Waals surface area contributed by atoms with Crippen LogP contribution in [0, 0.1) is 23.2 Å². The molecule has 4 fully saturated rings. The fraction of sp³-hybridized carbons (Fsp3) is 0.667. The molecule has 0 bridgehead atoms. The number of aliphatic hydroxyl groups is 3. The van der Waals surface area contributed by atoms with Crippen LogP contribution in [0.25, 0.3) is 0 Å². The van der Waals surface area contributed by atoms with E-state index in [9.17, 15) is 15.3 Å². The maximum Gasteiger partial charge on any atom is 0.102 e. The Hall–Kier alpha value is -1.53. The van der Waals surface area contributed by atoms with Gasteiger partial charge < -0.3 is 15.3 Å². The zero-order chi connectivity index (χ0) is 27.1. The number of thiazole rings is 1. The molecule has 3 N–H and O–H groups in total. The van der Waals surface area contributed by atoms with Crippen LogP contribution in [0.5, 0.6) is 0 Å². The first-order valence-electron chi connectivity index (χ1n) is 14.9. The van der Waals surface area contributed by atoms with Gasteiger partial charge in [0.15, 0.2) is 0 Å². The van der Waals surface area contributed by atoms with Gasteiger partial charge in [-0.05, 0) is 92.1 Å². The Morgan fingerprint density at radius 1 is 1.18 bits per heavy atom. The minimum atomic E-state index is -0.636. The van der Waals surface area contributed by atoms with Gasteiger partial charge in [0.2, 0.25) is 0 Å². The molecule has 0 saturated heterocycles. The van der Waals surface area contributed by atoms with Crippen molar-refractivity contribution >= 4 is 11.3 Å². The molecule has 4 aliphatic carbocycles. The van der Waals surface area contributed by atoms with Crippen LogP contribution in [0.1, 0.15) is 95.7 Å². The first-order valence-corrected chi connectivity index (χ1v) is 15.8. The SMILES string of the molecule is C=C1C(=CC=C2CCC[C@]3(C)[C@@H]([C@@H](C)C=C[C@H](O)C4(c5nc(CCC)cs5)CC4)CC[C@@H]23)C[C@@H](O)C[C@@H]1O. The van der Waals surface area contributed by atoms with E-state index in [1.165, 1.54) is 37.0 Å². The van der Waals surface area contributed by atoms with E-state index in [1.54, 1.807) is 11.3 Å². The monoisotopic (exact) mass is 537 g/mol.